The molecule has 0 fully saturated rings. The minimum absolute atomic E-state index is 0.318. The van der Waals surface area contributed by atoms with Crippen LogP contribution in [0.3, 0.4) is 0 Å². The molecule has 0 aromatic heterocycles. The van der Waals surface area contributed by atoms with Crippen LogP contribution in [-0.2, 0) is 28.6 Å². The molecule has 0 N–H and O–H groups in total. The van der Waals surface area contributed by atoms with Gasteiger partial charge in [0.25, 0.3) is 0 Å². The van der Waals surface area contributed by atoms with E-state index >= 15 is 0 Å². The van der Waals surface area contributed by atoms with Crippen molar-refractivity contribution in [3.63, 3.8) is 0 Å². The summed E-state index contributed by atoms with van der Waals surface area (Å²) in [7, 11) is 0. The zero-order valence-electron chi connectivity index (χ0n) is 12.0. The van der Waals surface area contributed by atoms with Crippen LogP contribution in [0.2, 0.25) is 0 Å². The Balaban J connectivity index is 2.55. The lowest BCUT2D eigenvalue weighted by molar-refractivity contribution is -0.155. The van der Waals surface area contributed by atoms with Crippen molar-refractivity contribution in [3.05, 3.63) is 12.2 Å². The Morgan fingerprint density at radius 2 is 2.00 bits per heavy atom. The quantitative estimate of drug-likeness (QED) is 0.543. The molecule has 0 radical (unpaired) electrons. The van der Waals surface area contributed by atoms with E-state index in [0.717, 1.165) is 0 Å². The summed E-state index contributed by atoms with van der Waals surface area (Å²) >= 11 is 0. The van der Waals surface area contributed by atoms with Crippen LogP contribution in [0, 0.1) is 0 Å². The first-order valence-corrected chi connectivity index (χ1v) is 6.58. The SMILES string of the molecule is CC(=O)OC(C)CC(CC1CC=CC(=O)O1)OC(C)=O. The number of esters is 3. The van der Waals surface area contributed by atoms with Crippen molar-refractivity contribution in [2.45, 2.75) is 58.3 Å². The molecule has 0 aliphatic carbocycles. The molecule has 1 aliphatic heterocycles. The molecule has 0 amide bonds. The van der Waals surface area contributed by atoms with Crippen molar-refractivity contribution in [3.8, 4) is 0 Å². The predicted octanol–water partition coefficient (Wildman–Crippen LogP) is 1.52. The van der Waals surface area contributed by atoms with E-state index in [9.17, 15) is 14.4 Å². The van der Waals surface area contributed by atoms with E-state index in [4.69, 9.17) is 14.2 Å². The first-order chi connectivity index (χ1) is 9.36. The molecule has 0 aromatic rings. The Morgan fingerprint density at radius 3 is 2.55 bits per heavy atom. The summed E-state index contributed by atoms with van der Waals surface area (Å²) in [6, 6.07) is 0. The Morgan fingerprint density at radius 1 is 1.35 bits per heavy atom. The average molecular weight is 284 g/mol. The molecule has 20 heavy (non-hydrogen) atoms. The fourth-order valence-corrected chi connectivity index (χ4v) is 2.13. The molecule has 0 saturated heterocycles. The summed E-state index contributed by atoms with van der Waals surface area (Å²) in [5.74, 6) is -1.19. The standard InChI is InChI=1S/C14H20O6/c1-9(18-10(2)15)7-13(19-11(3)16)8-12-5-4-6-14(17)20-12/h4,6,9,12-13H,5,7-8H2,1-3H3. The van der Waals surface area contributed by atoms with E-state index < -0.39 is 18.0 Å². The van der Waals surface area contributed by atoms with Gasteiger partial charge in [-0.15, -0.1) is 0 Å². The highest BCUT2D eigenvalue weighted by atomic mass is 16.6. The van der Waals surface area contributed by atoms with Crippen LogP contribution in [0.1, 0.15) is 40.0 Å². The van der Waals surface area contributed by atoms with Gasteiger partial charge >= 0.3 is 17.9 Å². The van der Waals surface area contributed by atoms with Crippen LogP contribution in [0.4, 0.5) is 0 Å². The van der Waals surface area contributed by atoms with Crippen LogP contribution >= 0.6 is 0 Å². The Labute approximate surface area is 118 Å². The maximum Gasteiger partial charge on any atom is 0.330 e. The summed E-state index contributed by atoms with van der Waals surface area (Å²) in [5, 5.41) is 0. The number of carbonyl (C=O) groups is 3. The van der Waals surface area contributed by atoms with Crippen molar-refractivity contribution in [2.75, 3.05) is 0 Å². The third-order valence-electron chi connectivity index (χ3n) is 2.76. The fourth-order valence-electron chi connectivity index (χ4n) is 2.13. The average Bonchev–Trinajstić information content (AvgIpc) is 2.26. The van der Waals surface area contributed by atoms with E-state index in [-0.39, 0.29) is 18.2 Å². The second-order valence-corrected chi connectivity index (χ2v) is 4.82. The molecule has 0 spiro atoms. The highest BCUT2D eigenvalue weighted by molar-refractivity contribution is 5.82. The molecule has 3 unspecified atom stereocenters. The largest absolute Gasteiger partial charge is 0.463 e. The summed E-state index contributed by atoms with van der Waals surface area (Å²) < 4.78 is 15.4. The highest BCUT2D eigenvalue weighted by Crippen LogP contribution is 2.19. The van der Waals surface area contributed by atoms with E-state index in [1.807, 2.05) is 0 Å². The number of ether oxygens (including phenoxy) is 3. The number of cyclic esters (lactones) is 1. The number of hydrogen-bond donors (Lipinski definition) is 0. The van der Waals surface area contributed by atoms with Crippen molar-refractivity contribution < 1.29 is 28.6 Å². The molecule has 0 saturated carbocycles. The van der Waals surface area contributed by atoms with Gasteiger partial charge in [0, 0.05) is 39.2 Å². The molecule has 112 valence electrons. The van der Waals surface area contributed by atoms with Gasteiger partial charge in [-0.1, -0.05) is 6.08 Å². The smallest absolute Gasteiger partial charge is 0.330 e. The highest BCUT2D eigenvalue weighted by Gasteiger charge is 2.25. The minimum Gasteiger partial charge on any atom is -0.463 e. The van der Waals surface area contributed by atoms with Gasteiger partial charge in [-0.05, 0) is 6.92 Å². The summed E-state index contributed by atoms with van der Waals surface area (Å²) in [4.78, 5) is 33.2. The van der Waals surface area contributed by atoms with Crippen molar-refractivity contribution in [1.29, 1.82) is 0 Å². The zero-order chi connectivity index (χ0) is 15.1. The van der Waals surface area contributed by atoms with E-state index in [1.54, 1.807) is 13.0 Å². The van der Waals surface area contributed by atoms with Gasteiger partial charge < -0.3 is 14.2 Å². The zero-order valence-corrected chi connectivity index (χ0v) is 12.0. The van der Waals surface area contributed by atoms with Gasteiger partial charge in [-0.25, -0.2) is 4.79 Å². The number of carbonyl (C=O) groups excluding carboxylic acids is 3. The molecular weight excluding hydrogens is 264 g/mol. The minimum atomic E-state index is -0.453. The third-order valence-corrected chi connectivity index (χ3v) is 2.76. The van der Waals surface area contributed by atoms with Gasteiger partial charge in [0.05, 0.1) is 0 Å². The summed E-state index contributed by atoms with van der Waals surface area (Å²) in [6.45, 7) is 4.37. The molecule has 1 heterocycles. The number of hydrogen-bond acceptors (Lipinski definition) is 6. The summed E-state index contributed by atoms with van der Waals surface area (Å²) in [6.07, 6.45) is 3.32. The lowest BCUT2D eigenvalue weighted by Gasteiger charge is -2.25. The van der Waals surface area contributed by atoms with Crippen LogP contribution in [0.5, 0.6) is 0 Å². The van der Waals surface area contributed by atoms with Gasteiger partial charge in [-0.2, -0.15) is 0 Å². The molecule has 6 heteroatoms. The maximum absolute atomic E-state index is 11.2. The van der Waals surface area contributed by atoms with Gasteiger partial charge in [0.1, 0.15) is 18.3 Å². The van der Waals surface area contributed by atoms with Gasteiger partial charge in [0.2, 0.25) is 0 Å². The maximum atomic E-state index is 11.2. The Hall–Kier alpha value is -1.85. The topological polar surface area (TPSA) is 78.9 Å². The van der Waals surface area contributed by atoms with Crippen molar-refractivity contribution >= 4 is 17.9 Å². The van der Waals surface area contributed by atoms with Crippen molar-refractivity contribution in [2.24, 2.45) is 0 Å². The molecular formula is C14H20O6. The molecule has 6 nitrogen and oxygen atoms in total. The lowest BCUT2D eigenvalue weighted by atomic mass is 10.0. The van der Waals surface area contributed by atoms with Crippen LogP contribution in [-0.4, -0.2) is 36.2 Å². The first-order valence-electron chi connectivity index (χ1n) is 6.58. The number of rotatable bonds is 6. The molecule has 1 aliphatic rings. The monoisotopic (exact) mass is 284 g/mol. The van der Waals surface area contributed by atoms with Gasteiger partial charge in [-0.3, -0.25) is 9.59 Å². The Kier molecular flexibility index (Phi) is 6.21. The predicted molar refractivity (Wildman–Crippen MR) is 69.7 cm³/mol. The summed E-state index contributed by atoms with van der Waals surface area (Å²) in [5.41, 5.74) is 0. The Bertz CT molecular complexity index is 400. The molecule has 3 atom stereocenters. The molecule has 0 bridgehead atoms. The first kappa shape index (κ1) is 16.2. The second kappa shape index (κ2) is 7.67. The lowest BCUT2D eigenvalue weighted by Crippen LogP contribution is -2.31. The molecule has 0 aromatic carbocycles. The van der Waals surface area contributed by atoms with Crippen molar-refractivity contribution in [1.82, 2.24) is 0 Å². The van der Waals surface area contributed by atoms with Crippen LogP contribution in [0.15, 0.2) is 12.2 Å². The second-order valence-electron chi connectivity index (χ2n) is 4.82. The molecule has 1 rings (SSSR count). The van der Waals surface area contributed by atoms with Gasteiger partial charge in [0.15, 0.2) is 0 Å². The normalized spacial score (nSPS) is 20.8. The van der Waals surface area contributed by atoms with E-state index in [1.165, 1.54) is 19.9 Å². The van der Waals surface area contributed by atoms with Crippen LogP contribution in [0.25, 0.3) is 0 Å². The third kappa shape index (κ3) is 6.36. The van der Waals surface area contributed by atoms with E-state index in [2.05, 4.69) is 0 Å². The van der Waals surface area contributed by atoms with Crippen LogP contribution < -0.4 is 0 Å². The van der Waals surface area contributed by atoms with E-state index in [0.29, 0.717) is 19.3 Å². The fraction of sp³-hybridized carbons (Fsp3) is 0.643.